The van der Waals surface area contributed by atoms with Crippen molar-refractivity contribution in [3.05, 3.63) is 64.9 Å². The van der Waals surface area contributed by atoms with Gasteiger partial charge in [0.1, 0.15) is 10.9 Å². The second-order valence-electron chi connectivity index (χ2n) is 7.00. The number of nitrogens with zero attached hydrogens (tertiary/aromatic N) is 3. The van der Waals surface area contributed by atoms with Crippen LogP contribution in [0.4, 0.5) is 0 Å². The number of aromatic nitrogens is 2. The van der Waals surface area contributed by atoms with Crippen LogP contribution in [0.2, 0.25) is 5.02 Å². The van der Waals surface area contributed by atoms with E-state index in [0.29, 0.717) is 29.4 Å². The SMILES string of the molecule is Cc1nc(S[C@@H]2CCCCN(C(=O)c3ccc(Cl)cc3)C2=O)c2ccccc2n1. The molecular formula is C22H20ClN3O2S. The van der Waals surface area contributed by atoms with Gasteiger partial charge in [0.2, 0.25) is 5.91 Å². The van der Waals surface area contributed by atoms with Gasteiger partial charge < -0.3 is 0 Å². The number of benzene rings is 2. The molecule has 0 spiro atoms. The molecule has 7 heteroatoms. The van der Waals surface area contributed by atoms with Crippen molar-refractivity contribution < 1.29 is 9.59 Å². The van der Waals surface area contributed by atoms with Gasteiger partial charge in [-0.3, -0.25) is 14.5 Å². The summed E-state index contributed by atoms with van der Waals surface area (Å²) in [6.45, 7) is 2.28. The maximum absolute atomic E-state index is 13.3. The topological polar surface area (TPSA) is 63.2 Å². The fraction of sp³-hybridized carbons (Fsp3) is 0.273. The first-order valence-electron chi connectivity index (χ1n) is 9.54. The Morgan fingerprint density at radius 3 is 2.66 bits per heavy atom. The Morgan fingerprint density at radius 1 is 1.10 bits per heavy atom. The predicted molar refractivity (Wildman–Crippen MR) is 115 cm³/mol. The van der Waals surface area contributed by atoms with Crippen molar-refractivity contribution >= 4 is 46.1 Å². The molecule has 2 heterocycles. The number of halogens is 1. The number of carbonyl (C=O) groups excluding carboxylic acids is 2. The van der Waals surface area contributed by atoms with E-state index in [0.717, 1.165) is 28.8 Å². The molecule has 2 aromatic carbocycles. The van der Waals surface area contributed by atoms with Crippen LogP contribution >= 0.6 is 23.4 Å². The second-order valence-corrected chi connectivity index (χ2v) is 8.63. The van der Waals surface area contributed by atoms with Crippen molar-refractivity contribution in [3.63, 3.8) is 0 Å². The average Bonchev–Trinajstić information content (AvgIpc) is 2.89. The molecule has 0 radical (unpaired) electrons. The number of para-hydroxylation sites is 1. The van der Waals surface area contributed by atoms with E-state index < -0.39 is 0 Å². The minimum Gasteiger partial charge on any atom is -0.278 e. The highest BCUT2D eigenvalue weighted by atomic mass is 35.5. The van der Waals surface area contributed by atoms with Crippen LogP contribution in [0.1, 0.15) is 35.4 Å². The lowest BCUT2D eigenvalue weighted by molar-refractivity contribution is -0.127. The molecule has 1 aromatic heterocycles. The summed E-state index contributed by atoms with van der Waals surface area (Å²) >= 11 is 7.36. The van der Waals surface area contributed by atoms with E-state index in [1.165, 1.54) is 16.7 Å². The number of amides is 2. The average molecular weight is 426 g/mol. The third kappa shape index (κ3) is 4.28. The highest BCUT2D eigenvalue weighted by Gasteiger charge is 2.33. The van der Waals surface area contributed by atoms with Crippen molar-refractivity contribution in [1.82, 2.24) is 14.9 Å². The predicted octanol–water partition coefficient (Wildman–Crippen LogP) is 4.91. The van der Waals surface area contributed by atoms with E-state index >= 15 is 0 Å². The van der Waals surface area contributed by atoms with Gasteiger partial charge in [-0.15, -0.1) is 0 Å². The molecule has 1 saturated heterocycles. The van der Waals surface area contributed by atoms with E-state index in [4.69, 9.17) is 11.6 Å². The number of imide groups is 1. The molecule has 1 aliphatic heterocycles. The number of hydrogen-bond donors (Lipinski definition) is 0. The minimum atomic E-state index is -0.355. The molecule has 148 valence electrons. The third-order valence-electron chi connectivity index (χ3n) is 4.91. The number of rotatable bonds is 3. The van der Waals surface area contributed by atoms with Gasteiger partial charge in [0, 0.05) is 22.5 Å². The Bertz CT molecular complexity index is 1070. The van der Waals surface area contributed by atoms with Crippen molar-refractivity contribution in [2.45, 2.75) is 36.5 Å². The van der Waals surface area contributed by atoms with Gasteiger partial charge >= 0.3 is 0 Å². The lowest BCUT2D eigenvalue weighted by Gasteiger charge is -2.22. The summed E-state index contributed by atoms with van der Waals surface area (Å²) in [6.07, 6.45) is 2.40. The van der Waals surface area contributed by atoms with Gasteiger partial charge in [-0.25, -0.2) is 9.97 Å². The number of fused-ring (bicyclic) bond motifs is 1. The Balaban J connectivity index is 1.62. The summed E-state index contributed by atoms with van der Waals surface area (Å²) in [5.41, 5.74) is 1.33. The normalized spacial score (nSPS) is 17.4. The Kier molecular flexibility index (Phi) is 5.83. The first-order chi connectivity index (χ1) is 14.0. The molecule has 3 aromatic rings. The molecule has 0 unspecified atom stereocenters. The van der Waals surface area contributed by atoms with E-state index in [-0.39, 0.29) is 17.1 Å². The van der Waals surface area contributed by atoms with Gasteiger partial charge in [-0.05, 0) is 50.1 Å². The summed E-state index contributed by atoms with van der Waals surface area (Å²) in [5, 5.41) is 1.91. The number of hydrogen-bond acceptors (Lipinski definition) is 5. The molecule has 0 bridgehead atoms. The van der Waals surface area contributed by atoms with Gasteiger partial charge in [-0.1, -0.05) is 48.0 Å². The first-order valence-corrected chi connectivity index (χ1v) is 10.8. The van der Waals surface area contributed by atoms with Gasteiger partial charge in [-0.2, -0.15) is 0 Å². The highest BCUT2D eigenvalue weighted by Crippen LogP contribution is 2.33. The largest absolute Gasteiger partial charge is 0.278 e. The van der Waals surface area contributed by atoms with Crippen LogP contribution in [-0.2, 0) is 4.79 Å². The quantitative estimate of drug-likeness (QED) is 0.441. The van der Waals surface area contributed by atoms with E-state index in [1.54, 1.807) is 24.3 Å². The van der Waals surface area contributed by atoms with Crippen LogP contribution in [-0.4, -0.2) is 38.5 Å². The van der Waals surface area contributed by atoms with Crippen LogP contribution < -0.4 is 0 Å². The lowest BCUT2D eigenvalue weighted by atomic mass is 10.2. The van der Waals surface area contributed by atoms with E-state index in [1.807, 2.05) is 31.2 Å². The van der Waals surface area contributed by atoms with Gasteiger partial charge in [0.05, 0.1) is 10.8 Å². The number of thioether (sulfide) groups is 1. The Morgan fingerprint density at radius 2 is 1.86 bits per heavy atom. The molecule has 0 N–H and O–H groups in total. The molecular weight excluding hydrogens is 406 g/mol. The molecule has 5 nitrogen and oxygen atoms in total. The highest BCUT2D eigenvalue weighted by molar-refractivity contribution is 8.00. The molecule has 1 atom stereocenters. The zero-order chi connectivity index (χ0) is 20.4. The number of likely N-dealkylation sites (tertiary alicyclic amines) is 1. The third-order valence-corrected chi connectivity index (χ3v) is 6.42. The summed E-state index contributed by atoms with van der Waals surface area (Å²) in [6, 6.07) is 14.4. The van der Waals surface area contributed by atoms with Crippen molar-refractivity contribution in [2.75, 3.05) is 6.54 Å². The summed E-state index contributed by atoms with van der Waals surface area (Å²) in [7, 11) is 0. The van der Waals surface area contributed by atoms with E-state index in [9.17, 15) is 9.59 Å². The molecule has 29 heavy (non-hydrogen) atoms. The molecule has 1 aliphatic rings. The number of carbonyl (C=O) groups is 2. The molecule has 0 aliphatic carbocycles. The van der Waals surface area contributed by atoms with Crippen LogP contribution in [0.15, 0.2) is 53.6 Å². The molecule has 0 saturated carbocycles. The molecule has 1 fully saturated rings. The van der Waals surface area contributed by atoms with E-state index in [2.05, 4.69) is 9.97 Å². The van der Waals surface area contributed by atoms with Gasteiger partial charge in [0.15, 0.2) is 0 Å². The monoisotopic (exact) mass is 425 g/mol. The van der Waals surface area contributed by atoms with Gasteiger partial charge in [0.25, 0.3) is 5.91 Å². The molecule has 4 rings (SSSR count). The summed E-state index contributed by atoms with van der Waals surface area (Å²) in [4.78, 5) is 36.7. The minimum absolute atomic E-state index is 0.159. The number of aryl methyl sites for hydroxylation is 1. The van der Waals surface area contributed by atoms with Crippen molar-refractivity contribution in [3.8, 4) is 0 Å². The fourth-order valence-corrected chi connectivity index (χ4v) is 4.84. The maximum atomic E-state index is 13.3. The van der Waals surface area contributed by atoms with Crippen LogP contribution in [0.5, 0.6) is 0 Å². The van der Waals surface area contributed by atoms with Crippen molar-refractivity contribution in [1.29, 1.82) is 0 Å². The Labute approximate surface area is 178 Å². The van der Waals surface area contributed by atoms with Crippen molar-refractivity contribution in [2.24, 2.45) is 0 Å². The first kappa shape index (κ1) is 19.9. The zero-order valence-corrected chi connectivity index (χ0v) is 17.5. The maximum Gasteiger partial charge on any atom is 0.260 e. The fourth-order valence-electron chi connectivity index (χ4n) is 3.45. The lowest BCUT2D eigenvalue weighted by Crippen LogP contribution is -2.41. The summed E-state index contributed by atoms with van der Waals surface area (Å²) < 4.78 is 0. The van der Waals surface area contributed by atoms with Crippen LogP contribution in [0.25, 0.3) is 10.9 Å². The standard InChI is InChI=1S/C22H20ClN3O2S/c1-14-24-18-7-3-2-6-17(18)20(25-14)29-19-8-4-5-13-26(22(19)28)21(27)15-9-11-16(23)12-10-15/h2-3,6-7,9-12,19H,4-5,8,13H2,1H3/t19-/m1/s1. The zero-order valence-electron chi connectivity index (χ0n) is 16.0. The van der Waals surface area contributed by atoms with Crippen LogP contribution in [0, 0.1) is 6.92 Å². The molecule has 2 amide bonds. The smallest absolute Gasteiger partial charge is 0.260 e. The second kappa shape index (κ2) is 8.51. The summed E-state index contributed by atoms with van der Waals surface area (Å²) in [5.74, 6) is 0.233. The Hall–Kier alpha value is -2.44. The van der Waals surface area contributed by atoms with Crippen LogP contribution in [0.3, 0.4) is 0 Å².